The van der Waals surface area contributed by atoms with Gasteiger partial charge in [0.15, 0.2) is 0 Å². The maximum Gasteiger partial charge on any atom is 0.132 e. The van der Waals surface area contributed by atoms with Crippen LogP contribution in [0.2, 0.25) is 0 Å². The molecule has 21 heavy (non-hydrogen) atoms. The number of hydrogen-bond acceptors (Lipinski definition) is 2. The molecule has 0 amide bonds. The number of rotatable bonds is 3. The number of nitrogens with one attached hydrogen (secondary N) is 1. The molecular formula is C17H16BrNO2. The second-order valence-electron chi connectivity index (χ2n) is 4.87. The van der Waals surface area contributed by atoms with Gasteiger partial charge in [0.2, 0.25) is 0 Å². The number of fused-ring (bicyclic) bond motifs is 1. The first-order valence-electron chi connectivity index (χ1n) is 6.64. The average molecular weight is 346 g/mol. The summed E-state index contributed by atoms with van der Waals surface area (Å²) in [5.74, 6) is 1.63. The third kappa shape index (κ3) is 2.29. The molecule has 0 unspecified atom stereocenters. The highest BCUT2D eigenvalue weighted by Crippen LogP contribution is 2.40. The molecule has 2 aromatic carbocycles. The van der Waals surface area contributed by atoms with Gasteiger partial charge in [-0.05, 0) is 24.6 Å². The fourth-order valence-electron chi connectivity index (χ4n) is 2.63. The van der Waals surface area contributed by atoms with E-state index in [0.29, 0.717) is 0 Å². The summed E-state index contributed by atoms with van der Waals surface area (Å²) in [4.78, 5) is 3.35. The predicted molar refractivity (Wildman–Crippen MR) is 89.3 cm³/mol. The number of aryl methyl sites for hydroxylation is 1. The minimum absolute atomic E-state index is 0.812. The number of halogens is 1. The van der Waals surface area contributed by atoms with Gasteiger partial charge in [-0.1, -0.05) is 28.1 Å². The molecule has 0 aliphatic rings. The summed E-state index contributed by atoms with van der Waals surface area (Å²) in [5.41, 5.74) is 4.40. The zero-order chi connectivity index (χ0) is 15.0. The summed E-state index contributed by atoms with van der Waals surface area (Å²) in [6.45, 7) is 2.04. The highest BCUT2D eigenvalue weighted by molar-refractivity contribution is 9.10. The molecule has 0 aliphatic heterocycles. The van der Waals surface area contributed by atoms with Gasteiger partial charge in [-0.25, -0.2) is 0 Å². The second kappa shape index (κ2) is 5.45. The molecule has 0 saturated carbocycles. The van der Waals surface area contributed by atoms with Crippen LogP contribution >= 0.6 is 15.9 Å². The van der Waals surface area contributed by atoms with Gasteiger partial charge in [0, 0.05) is 33.2 Å². The molecule has 4 heteroatoms. The molecule has 0 aliphatic carbocycles. The van der Waals surface area contributed by atoms with E-state index in [1.165, 1.54) is 0 Å². The van der Waals surface area contributed by atoms with Gasteiger partial charge in [0.25, 0.3) is 0 Å². The lowest BCUT2D eigenvalue weighted by Gasteiger charge is -2.11. The maximum absolute atomic E-state index is 5.56. The average Bonchev–Trinajstić information content (AvgIpc) is 2.94. The Bertz CT molecular complexity index is 791. The van der Waals surface area contributed by atoms with Gasteiger partial charge in [-0.2, -0.15) is 0 Å². The number of ether oxygens (including phenoxy) is 2. The van der Waals surface area contributed by atoms with Crippen molar-refractivity contribution in [3.63, 3.8) is 0 Å². The van der Waals surface area contributed by atoms with E-state index in [4.69, 9.17) is 9.47 Å². The van der Waals surface area contributed by atoms with Crippen LogP contribution < -0.4 is 9.47 Å². The van der Waals surface area contributed by atoms with E-state index in [9.17, 15) is 0 Å². The molecular weight excluding hydrogens is 330 g/mol. The Morgan fingerprint density at radius 2 is 1.67 bits per heavy atom. The van der Waals surface area contributed by atoms with Crippen molar-refractivity contribution in [1.82, 2.24) is 4.98 Å². The third-order valence-electron chi connectivity index (χ3n) is 3.73. The van der Waals surface area contributed by atoms with Crippen LogP contribution in [0.25, 0.3) is 22.0 Å². The highest BCUT2D eigenvalue weighted by atomic mass is 79.9. The molecule has 1 heterocycles. The molecule has 0 radical (unpaired) electrons. The van der Waals surface area contributed by atoms with Gasteiger partial charge in [-0.15, -0.1) is 0 Å². The Morgan fingerprint density at radius 3 is 2.29 bits per heavy atom. The van der Waals surface area contributed by atoms with Crippen molar-refractivity contribution in [3.8, 4) is 22.6 Å². The van der Waals surface area contributed by atoms with E-state index in [1.807, 2.05) is 31.3 Å². The molecule has 1 N–H and O–H groups in total. The molecule has 3 nitrogen and oxygen atoms in total. The number of benzene rings is 2. The van der Waals surface area contributed by atoms with E-state index < -0.39 is 0 Å². The number of hydrogen-bond donors (Lipinski definition) is 1. The minimum Gasteiger partial charge on any atom is -0.496 e. The molecule has 1 aromatic heterocycles. The quantitative estimate of drug-likeness (QED) is 0.730. The lowest BCUT2D eigenvalue weighted by atomic mass is 10.0. The smallest absolute Gasteiger partial charge is 0.132 e. The molecule has 0 atom stereocenters. The maximum atomic E-state index is 5.56. The fraction of sp³-hybridized carbons (Fsp3) is 0.176. The van der Waals surface area contributed by atoms with Crippen molar-refractivity contribution in [2.45, 2.75) is 6.92 Å². The zero-order valence-corrected chi connectivity index (χ0v) is 13.7. The normalized spacial score (nSPS) is 10.9. The van der Waals surface area contributed by atoms with Crippen LogP contribution in [0.4, 0.5) is 0 Å². The molecule has 0 fully saturated rings. The summed E-state index contributed by atoms with van der Waals surface area (Å²) in [7, 11) is 3.36. The van der Waals surface area contributed by atoms with Crippen molar-refractivity contribution in [1.29, 1.82) is 0 Å². The van der Waals surface area contributed by atoms with Crippen molar-refractivity contribution in [2.75, 3.05) is 14.2 Å². The number of aromatic amines is 1. The van der Waals surface area contributed by atoms with Crippen LogP contribution in [-0.2, 0) is 0 Å². The summed E-state index contributed by atoms with van der Waals surface area (Å²) in [6.07, 6.45) is 2.02. The third-order valence-corrected chi connectivity index (χ3v) is 4.26. The zero-order valence-electron chi connectivity index (χ0n) is 12.2. The van der Waals surface area contributed by atoms with Crippen LogP contribution in [0.5, 0.6) is 11.5 Å². The summed E-state index contributed by atoms with van der Waals surface area (Å²) in [6, 6.07) is 10.2. The minimum atomic E-state index is 0.812. The molecule has 3 aromatic rings. The standard InChI is InChI=1S/C17H16BrNO2/c1-10-14(20-2)8-15(21-3)16-13(9-19-17(10)16)11-4-6-12(18)7-5-11/h4-9,19H,1-3H3. The first-order chi connectivity index (χ1) is 10.2. The van der Waals surface area contributed by atoms with Crippen molar-refractivity contribution < 1.29 is 9.47 Å². The first-order valence-corrected chi connectivity index (χ1v) is 7.43. The Labute approximate surface area is 132 Å². The molecule has 3 rings (SSSR count). The Hall–Kier alpha value is -1.94. The van der Waals surface area contributed by atoms with Crippen molar-refractivity contribution >= 4 is 26.8 Å². The van der Waals surface area contributed by atoms with Gasteiger partial charge in [0.05, 0.1) is 19.7 Å². The van der Waals surface area contributed by atoms with E-state index in [0.717, 1.165) is 43.6 Å². The fourth-order valence-corrected chi connectivity index (χ4v) is 2.89. The lowest BCUT2D eigenvalue weighted by Crippen LogP contribution is -1.92. The van der Waals surface area contributed by atoms with Gasteiger partial charge in [0.1, 0.15) is 11.5 Å². The first kappa shape index (κ1) is 14.0. The Kier molecular flexibility index (Phi) is 3.64. The van der Waals surface area contributed by atoms with Crippen LogP contribution in [0, 0.1) is 6.92 Å². The van der Waals surface area contributed by atoms with Gasteiger partial charge in [-0.3, -0.25) is 0 Å². The van der Waals surface area contributed by atoms with E-state index in [1.54, 1.807) is 14.2 Å². The van der Waals surface area contributed by atoms with Crippen LogP contribution in [0.1, 0.15) is 5.56 Å². The van der Waals surface area contributed by atoms with Crippen molar-refractivity contribution in [3.05, 3.63) is 46.6 Å². The monoisotopic (exact) mass is 345 g/mol. The lowest BCUT2D eigenvalue weighted by molar-refractivity contribution is 0.396. The summed E-state index contributed by atoms with van der Waals surface area (Å²) < 4.78 is 12.0. The number of methoxy groups -OCH3 is 2. The topological polar surface area (TPSA) is 34.2 Å². The molecule has 0 spiro atoms. The largest absolute Gasteiger partial charge is 0.496 e. The molecule has 0 saturated heterocycles. The van der Waals surface area contributed by atoms with Crippen molar-refractivity contribution in [2.24, 2.45) is 0 Å². The SMILES string of the molecule is COc1cc(OC)c2c(-c3ccc(Br)cc3)c[nH]c2c1C. The summed E-state index contributed by atoms with van der Waals surface area (Å²) >= 11 is 3.47. The Morgan fingerprint density at radius 1 is 1.00 bits per heavy atom. The molecule has 108 valence electrons. The number of H-pyrrole nitrogens is 1. The number of aromatic nitrogens is 1. The summed E-state index contributed by atoms with van der Waals surface area (Å²) in [5, 5.41) is 1.08. The van der Waals surface area contributed by atoms with Crippen LogP contribution in [0.15, 0.2) is 41.0 Å². The van der Waals surface area contributed by atoms with Crippen LogP contribution in [-0.4, -0.2) is 19.2 Å². The van der Waals surface area contributed by atoms with E-state index in [-0.39, 0.29) is 0 Å². The van der Waals surface area contributed by atoms with Gasteiger partial charge >= 0.3 is 0 Å². The van der Waals surface area contributed by atoms with E-state index >= 15 is 0 Å². The second-order valence-corrected chi connectivity index (χ2v) is 5.78. The van der Waals surface area contributed by atoms with Gasteiger partial charge < -0.3 is 14.5 Å². The highest BCUT2D eigenvalue weighted by Gasteiger charge is 2.16. The molecule has 0 bridgehead atoms. The Balaban J connectivity index is 2.30. The predicted octanol–water partition coefficient (Wildman–Crippen LogP) is 4.92. The van der Waals surface area contributed by atoms with E-state index in [2.05, 4.69) is 33.0 Å². The van der Waals surface area contributed by atoms with Crippen LogP contribution in [0.3, 0.4) is 0 Å².